The van der Waals surface area contributed by atoms with Gasteiger partial charge in [-0.1, -0.05) is 13.0 Å². The summed E-state index contributed by atoms with van der Waals surface area (Å²) < 4.78 is 5.49. The summed E-state index contributed by atoms with van der Waals surface area (Å²) in [5.74, 6) is 0.556. The molecule has 4 heteroatoms. The Hall–Kier alpha value is -1.55. The number of aromatic nitrogens is 1. The van der Waals surface area contributed by atoms with Crippen LogP contribution in [0, 0.1) is 0 Å². The zero-order chi connectivity index (χ0) is 10.1. The minimum atomic E-state index is -0.151. The Balaban J connectivity index is 2.56. The van der Waals surface area contributed by atoms with Gasteiger partial charge in [-0.25, -0.2) is 4.98 Å². The molecule has 0 saturated heterocycles. The number of anilines is 1. The minimum absolute atomic E-state index is 0.151. The van der Waals surface area contributed by atoms with Crippen LogP contribution in [0.2, 0.25) is 0 Å². The van der Waals surface area contributed by atoms with Crippen molar-refractivity contribution < 1.29 is 4.42 Å². The maximum Gasteiger partial charge on any atom is 0.212 e. The van der Waals surface area contributed by atoms with Crippen LogP contribution in [0.5, 0.6) is 0 Å². The first-order chi connectivity index (χ1) is 6.72. The predicted octanol–water partition coefficient (Wildman–Crippen LogP) is 1.82. The largest absolute Gasteiger partial charge is 0.439 e. The van der Waals surface area contributed by atoms with Crippen molar-refractivity contribution in [2.24, 2.45) is 5.73 Å². The van der Waals surface area contributed by atoms with Crippen LogP contribution in [-0.2, 0) is 0 Å². The molecule has 2 aromatic rings. The topological polar surface area (TPSA) is 78.1 Å². The molecular formula is C10H13N3O. The number of oxazole rings is 1. The first kappa shape index (κ1) is 9.02. The lowest BCUT2D eigenvalue weighted by atomic mass is 10.2. The zero-order valence-electron chi connectivity index (χ0n) is 8.03. The smallest absolute Gasteiger partial charge is 0.212 e. The number of nitrogens with zero attached hydrogens (tertiary/aromatic N) is 1. The van der Waals surface area contributed by atoms with E-state index < -0.39 is 0 Å². The molecule has 2 rings (SSSR count). The van der Waals surface area contributed by atoms with E-state index in [1.165, 1.54) is 0 Å². The molecule has 4 nitrogen and oxygen atoms in total. The fourth-order valence-corrected chi connectivity index (χ4v) is 1.32. The van der Waals surface area contributed by atoms with Crippen molar-refractivity contribution in [3.63, 3.8) is 0 Å². The number of benzene rings is 1. The highest BCUT2D eigenvalue weighted by Crippen LogP contribution is 2.24. The lowest BCUT2D eigenvalue weighted by molar-refractivity contribution is 0.469. The normalized spacial score (nSPS) is 13.3. The van der Waals surface area contributed by atoms with Crippen molar-refractivity contribution in [2.75, 3.05) is 5.73 Å². The van der Waals surface area contributed by atoms with Crippen molar-refractivity contribution in [3.8, 4) is 0 Å². The summed E-state index contributed by atoms with van der Waals surface area (Å²) in [4.78, 5) is 4.27. The second kappa shape index (κ2) is 3.31. The van der Waals surface area contributed by atoms with Gasteiger partial charge in [-0.05, 0) is 18.6 Å². The van der Waals surface area contributed by atoms with Crippen molar-refractivity contribution in [1.29, 1.82) is 0 Å². The Bertz CT molecular complexity index is 450. The van der Waals surface area contributed by atoms with E-state index in [4.69, 9.17) is 15.9 Å². The molecule has 4 N–H and O–H groups in total. The van der Waals surface area contributed by atoms with E-state index in [1.807, 2.05) is 19.1 Å². The molecule has 1 heterocycles. The van der Waals surface area contributed by atoms with E-state index >= 15 is 0 Å². The monoisotopic (exact) mass is 191 g/mol. The average Bonchev–Trinajstić information content (AvgIpc) is 2.62. The lowest BCUT2D eigenvalue weighted by Gasteiger charge is -2.00. The zero-order valence-corrected chi connectivity index (χ0v) is 8.03. The van der Waals surface area contributed by atoms with Crippen molar-refractivity contribution in [1.82, 2.24) is 4.98 Å². The summed E-state index contributed by atoms with van der Waals surface area (Å²) >= 11 is 0. The van der Waals surface area contributed by atoms with E-state index in [0.717, 1.165) is 6.42 Å². The van der Waals surface area contributed by atoms with Crippen LogP contribution in [-0.4, -0.2) is 4.98 Å². The molecule has 1 unspecified atom stereocenters. The van der Waals surface area contributed by atoms with E-state index in [-0.39, 0.29) is 6.04 Å². The number of nitrogen functional groups attached to an aromatic ring is 1. The van der Waals surface area contributed by atoms with Gasteiger partial charge in [-0.2, -0.15) is 0 Å². The Morgan fingerprint density at radius 2 is 2.29 bits per heavy atom. The average molecular weight is 191 g/mol. The molecule has 0 aliphatic carbocycles. The quantitative estimate of drug-likeness (QED) is 0.710. The van der Waals surface area contributed by atoms with Gasteiger partial charge in [0.05, 0.1) is 11.7 Å². The van der Waals surface area contributed by atoms with Gasteiger partial charge in [0, 0.05) is 0 Å². The number of hydrogen-bond donors (Lipinski definition) is 2. The van der Waals surface area contributed by atoms with Crippen molar-refractivity contribution >= 4 is 16.8 Å². The van der Waals surface area contributed by atoms with E-state index in [2.05, 4.69) is 4.98 Å². The molecule has 0 fully saturated rings. The highest BCUT2D eigenvalue weighted by Gasteiger charge is 2.12. The summed E-state index contributed by atoms with van der Waals surface area (Å²) in [6.07, 6.45) is 0.798. The van der Waals surface area contributed by atoms with E-state index in [9.17, 15) is 0 Å². The van der Waals surface area contributed by atoms with Gasteiger partial charge in [-0.15, -0.1) is 0 Å². The SMILES string of the molecule is CCC(N)c1nc2c(N)cccc2o1. The van der Waals surface area contributed by atoms with E-state index in [0.29, 0.717) is 22.7 Å². The first-order valence-electron chi connectivity index (χ1n) is 4.63. The summed E-state index contributed by atoms with van der Waals surface area (Å²) in [5.41, 5.74) is 13.6. The van der Waals surface area contributed by atoms with Gasteiger partial charge in [0.1, 0.15) is 5.52 Å². The van der Waals surface area contributed by atoms with Crippen LogP contribution in [0.15, 0.2) is 22.6 Å². The fourth-order valence-electron chi connectivity index (χ4n) is 1.32. The molecule has 0 amide bonds. The number of fused-ring (bicyclic) bond motifs is 1. The number of hydrogen-bond acceptors (Lipinski definition) is 4. The molecule has 0 radical (unpaired) electrons. The second-order valence-electron chi connectivity index (χ2n) is 3.26. The molecule has 74 valence electrons. The summed E-state index contributed by atoms with van der Waals surface area (Å²) in [6.45, 7) is 1.99. The van der Waals surface area contributed by atoms with Crippen LogP contribution < -0.4 is 11.5 Å². The highest BCUT2D eigenvalue weighted by molar-refractivity contribution is 5.85. The first-order valence-corrected chi connectivity index (χ1v) is 4.63. The van der Waals surface area contributed by atoms with Crippen LogP contribution in [0.1, 0.15) is 25.3 Å². The molecule has 0 aliphatic rings. The van der Waals surface area contributed by atoms with Crippen LogP contribution in [0.4, 0.5) is 5.69 Å². The standard InChI is InChI=1S/C10H13N3O/c1-2-6(11)10-13-9-7(12)4-3-5-8(9)14-10/h3-6H,2,11-12H2,1H3. The number of nitrogens with two attached hydrogens (primary N) is 2. The molecule has 0 bridgehead atoms. The van der Waals surface area contributed by atoms with Gasteiger partial charge < -0.3 is 15.9 Å². The highest BCUT2D eigenvalue weighted by atomic mass is 16.3. The lowest BCUT2D eigenvalue weighted by Crippen LogP contribution is -2.08. The molecule has 0 saturated carbocycles. The summed E-state index contributed by atoms with van der Waals surface area (Å²) in [6, 6.07) is 5.32. The molecule has 14 heavy (non-hydrogen) atoms. The maximum absolute atomic E-state index is 5.81. The van der Waals surface area contributed by atoms with Crippen LogP contribution in [0.3, 0.4) is 0 Å². The molecular weight excluding hydrogens is 178 g/mol. The second-order valence-corrected chi connectivity index (χ2v) is 3.26. The third kappa shape index (κ3) is 1.33. The van der Waals surface area contributed by atoms with Crippen molar-refractivity contribution in [3.05, 3.63) is 24.1 Å². The third-order valence-corrected chi connectivity index (χ3v) is 2.22. The Labute approximate surface area is 81.9 Å². The Morgan fingerprint density at radius 1 is 1.50 bits per heavy atom. The maximum atomic E-state index is 5.81. The van der Waals surface area contributed by atoms with Gasteiger partial charge in [0.25, 0.3) is 0 Å². The Morgan fingerprint density at radius 3 is 2.93 bits per heavy atom. The molecule has 0 spiro atoms. The number of rotatable bonds is 2. The van der Waals surface area contributed by atoms with Crippen molar-refractivity contribution in [2.45, 2.75) is 19.4 Å². The predicted molar refractivity (Wildman–Crippen MR) is 55.6 cm³/mol. The summed E-state index contributed by atoms with van der Waals surface area (Å²) in [7, 11) is 0. The molecule has 1 aromatic heterocycles. The number of para-hydroxylation sites is 1. The molecule has 1 atom stereocenters. The third-order valence-electron chi connectivity index (χ3n) is 2.22. The van der Waals surface area contributed by atoms with E-state index in [1.54, 1.807) is 6.07 Å². The van der Waals surface area contributed by atoms with Gasteiger partial charge >= 0.3 is 0 Å². The Kier molecular flexibility index (Phi) is 2.13. The van der Waals surface area contributed by atoms with Crippen LogP contribution >= 0.6 is 0 Å². The fraction of sp³-hybridized carbons (Fsp3) is 0.300. The summed E-state index contributed by atoms with van der Waals surface area (Å²) in [5, 5.41) is 0. The minimum Gasteiger partial charge on any atom is -0.439 e. The molecule has 1 aromatic carbocycles. The van der Waals surface area contributed by atoms with Gasteiger partial charge in [0.15, 0.2) is 5.58 Å². The van der Waals surface area contributed by atoms with Gasteiger partial charge in [0.2, 0.25) is 5.89 Å². The van der Waals surface area contributed by atoms with Gasteiger partial charge in [-0.3, -0.25) is 0 Å². The van der Waals surface area contributed by atoms with Crippen LogP contribution in [0.25, 0.3) is 11.1 Å². The molecule has 0 aliphatic heterocycles.